The largest absolute Gasteiger partial charge is 0.398 e. The van der Waals surface area contributed by atoms with E-state index in [2.05, 4.69) is 20.7 Å². The topological polar surface area (TPSA) is 72.2 Å². The van der Waals surface area contributed by atoms with Gasteiger partial charge in [0.15, 0.2) is 0 Å². The molecule has 19 heavy (non-hydrogen) atoms. The van der Waals surface area contributed by atoms with Gasteiger partial charge in [0.25, 0.3) is 0 Å². The number of nitrogen functional groups attached to an aromatic ring is 1. The first-order valence-electron chi connectivity index (χ1n) is 6.04. The predicted octanol–water partition coefficient (Wildman–Crippen LogP) is 2.59. The molecule has 1 saturated carbocycles. The Morgan fingerprint density at radius 2 is 2.16 bits per heavy atom. The summed E-state index contributed by atoms with van der Waals surface area (Å²) in [6.45, 7) is 0. The number of thioether (sulfide) groups is 1. The van der Waals surface area contributed by atoms with Gasteiger partial charge in [-0.1, -0.05) is 22.4 Å². The third-order valence-corrected chi connectivity index (χ3v) is 6.54. The predicted molar refractivity (Wildman–Crippen MR) is 83.8 cm³/mol. The highest BCUT2D eigenvalue weighted by Gasteiger charge is 2.31. The van der Waals surface area contributed by atoms with Gasteiger partial charge in [0, 0.05) is 15.8 Å². The Labute approximate surface area is 126 Å². The highest BCUT2D eigenvalue weighted by Crippen LogP contribution is 2.30. The second-order valence-corrected chi connectivity index (χ2v) is 8.29. The van der Waals surface area contributed by atoms with E-state index >= 15 is 0 Å². The molecule has 1 aromatic carbocycles. The van der Waals surface area contributed by atoms with E-state index in [0.717, 1.165) is 19.3 Å². The lowest BCUT2D eigenvalue weighted by molar-refractivity contribution is 0.555. The molecule has 1 aromatic rings. The van der Waals surface area contributed by atoms with Crippen LogP contribution in [0.3, 0.4) is 0 Å². The van der Waals surface area contributed by atoms with Gasteiger partial charge in [-0.2, -0.15) is 11.8 Å². The number of halogens is 1. The Hall–Kier alpha value is -0.240. The molecule has 0 radical (unpaired) electrons. The highest BCUT2D eigenvalue weighted by molar-refractivity contribution is 9.10. The third-order valence-electron chi connectivity index (χ3n) is 3.33. The molecule has 3 N–H and O–H groups in total. The molecule has 1 fully saturated rings. The zero-order chi connectivity index (χ0) is 14.0. The molecule has 2 rings (SSSR count). The molecule has 1 aliphatic rings. The van der Waals surface area contributed by atoms with Crippen molar-refractivity contribution in [3.63, 3.8) is 0 Å². The Bertz CT molecular complexity index is 563. The van der Waals surface area contributed by atoms with Gasteiger partial charge in [-0.25, -0.2) is 13.1 Å². The zero-order valence-electron chi connectivity index (χ0n) is 10.6. The second kappa shape index (κ2) is 6.03. The fourth-order valence-corrected chi connectivity index (χ4v) is 5.35. The number of hydrogen-bond donors (Lipinski definition) is 2. The monoisotopic (exact) mass is 364 g/mol. The minimum Gasteiger partial charge on any atom is -0.398 e. The van der Waals surface area contributed by atoms with Crippen molar-refractivity contribution in [3.8, 4) is 0 Å². The number of anilines is 1. The minimum atomic E-state index is -3.56. The van der Waals surface area contributed by atoms with Crippen molar-refractivity contribution >= 4 is 43.4 Å². The van der Waals surface area contributed by atoms with Gasteiger partial charge in [-0.3, -0.25) is 0 Å². The summed E-state index contributed by atoms with van der Waals surface area (Å²) in [6.07, 6.45) is 5.03. The maximum Gasteiger partial charge on any atom is 0.242 e. The van der Waals surface area contributed by atoms with E-state index in [1.54, 1.807) is 30.0 Å². The van der Waals surface area contributed by atoms with Crippen LogP contribution in [-0.4, -0.2) is 26.0 Å². The van der Waals surface area contributed by atoms with Gasteiger partial charge in [-0.15, -0.1) is 0 Å². The van der Waals surface area contributed by atoms with Crippen LogP contribution in [-0.2, 0) is 10.0 Å². The first-order chi connectivity index (χ1) is 8.94. The van der Waals surface area contributed by atoms with E-state index in [-0.39, 0.29) is 16.6 Å². The van der Waals surface area contributed by atoms with E-state index in [1.165, 1.54) is 0 Å². The normalized spacial score (nSPS) is 23.7. The smallest absolute Gasteiger partial charge is 0.242 e. The van der Waals surface area contributed by atoms with Gasteiger partial charge in [0.05, 0.1) is 5.69 Å². The molecule has 7 heteroatoms. The molecule has 4 nitrogen and oxygen atoms in total. The number of nitrogens with one attached hydrogen (secondary N) is 1. The van der Waals surface area contributed by atoms with Crippen molar-refractivity contribution < 1.29 is 8.42 Å². The van der Waals surface area contributed by atoms with Crippen LogP contribution < -0.4 is 10.5 Å². The zero-order valence-corrected chi connectivity index (χ0v) is 13.8. The van der Waals surface area contributed by atoms with Crippen LogP contribution in [0.5, 0.6) is 0 Å². The van der Waals surface area contributed by atoms with Crippen molar-refractivity contribution in [3.05, 3.63) is 22.7 Å². The molecule has 0 amide bonds. The van der Waals surface area contributed by atoms with Gasteiger partial charge >= 0.3 is 0 Å². The summed E-state index contributed by atoms with van der Waals surface area (Å²) in [4.78, 5) is 0.147. The average Bonchev–Trinajstić information content (AvgIpc) is 2.78. The van der Waals surface area contributed by atoms with E-state index in [4.69, 9.17) is 5.73 Å². The lowest BCUT2D eigenvalue weighted by Crippen LogP contribution is -2.38. The molecule has 0 heterocycles. The van der Waals surface area contributed by atoms with Gasteiger partial charge in [0.2, 0.25) is 10.0 Å². The van der Waals surface area contributed by atoms with Gasteiger partial charge in [0.1, 0.15) is 4.90 Å². The minimum absolute atomic E-state index is 0.00150. The van der Waals surface area contributed by atoms with Crippen molar-refractivity contribution in [1.29, 1.82) is 0 Å². The lowest BCUT2D eigenvalue weighted by atomic mass is 10.3. The molecule has 0 aliphatic heterocycles. The summed E-state index contributed by atoms with van der Waals surface area (Å²) in [5, 5.41) is 0.350. The van der Waals surface area contributed by atoms with Crippen LogP contribution in [0.2, 0.25) is 0 Å². The molecule has 2 atom stereocenters. The number of rotatable bonds is 4. The van der Waals surface area contributed by atoms with Crippen LogP contribution in [0, 0.1) is 0 Å². The van der Waals surface area contributed by atoms with Crippen LogP contribution in [0.1, 0.15) is 19.3 Å². The van der Waals surface area contributed by atoms with Crippen LogP contribution >= 0.6 is 27.7 Å². The molecule has 2 unspecified atom stereocenters. The highest BCUT2D eigenvalue weighted by atomic mass is 79.9. The molecular weight excluding hydrogens is 348 g/mol. The summed E-state index contributed by atoms with van der Waals surface area (Å²) in [5.74, 6) is 0. The van der Waals surface area contributed by atoms with E-state index in [9.17, 15) is 8.42 Å². The molecule has 0 saturated heterocycles. The fourth-order valence-electron chi connectivity index (χ4n) is 2.35. The molecule has 0 aromatic heterocycles. The van der Waals surface area contributed by atoms with Gasteiger partial charge < -0.3 is 5.73 Å². The molecule has 1 aliphatic carbocycles. The first-order valence-corrected chi connectivity index (χ1v) is 9.60. The Morgan fingerprint density at radius 3 is 2.84 bits per heavy atom. The SMILES string of the molecule is CSC1CCCC1NS(=O)(=O)c1cc(Br)ccc1N. The molecule has 0 bridgehead atoms. The Morgan fingerprint density at radius 1 is 1.42 bits per heavy atom. The molecular formula is C12H17BrN2O2S2. The fraction of sp³-hybridized carbons (Fsp3) is 0.500. The third kappa shape index (κ3) is 3.45. The van der Waals surface area contributed by atoms with Crippen LogP contribution in [0.25, 0.3) is 0 Å². The lowest BCUT2D eigenvalue weighted by Gasteiger charge is -2.19. The maximum absolute atomic E-state index is 12.4. The van der Waals surface area contributed by atoms with Crippen LogP contribution in [0.4, 0.5) is 5.69 Å². The summed E-state index contributed by atoms with van der Waals surface area (Å²) >= 11 is 4.99. The summed E-state index contributed by atoms with van der Waals surface area (Å²) in [5.41, 5.74) is 6.04. The number of nitrogens with two attached hydrogens (primary N) is 1. The van der Waals surface area contributed by atoms with Crippen molar-refractivity contribution in [1.82, 2.24) is 4.72 Å². The standard InChI is InChI=1S/C12H17BrN2O2S2/c1-18-11-4-2-3-10(11)15-19(16,17)12-7-8(13)5-6-9(12)14/h5-7,10-11,15H,2-4,14H2,1H3. The Kier molecular flexibility index (Phi) is 4.81. The summed E-state index contributed by atoms with van der Waals surface area (Å²) < 4.78 is 28.3. The average molecular weight is 365 g/mol. The maximum atomic E-state index is 12.4. The van der Waals surface area contributed by atoms with E-state index in [1.807, 2.05) is 6.26 Å². The van der Waals surface area contributed by atoms with Crippen molar-refractivity contribution in [2.75, 3.05) is 12.0 Å². The van der Waals surface area contributed by atoms with E-state index < -0.39 is 10.0 Å². The second-order valence-electron chi connectivity index (χ2n) is 4.61. The first kappa shape index (κ1) is 15.2. The number of hydrogen-bond acceptors (Lipinski definition) is 4. The Balaban J connectivity index is 2.25. The molecule has 0 spiro atoms. The summed E-state index contributed by atoms with van der Waals surface area (Å²) in [6, 6.07) is 4.87. The van der Waals surface area contributed by atoms with Crippen molar-refractivity contribution in [2.45, 2.75) is 35.4 Å². The summed E-state index contributed by atoms with van der Waals surface area (Å²) in [7, 11) is -3.56. The van der Waals surface area contributed by atoms with Crippen molar-refractivity contribution in [2.24, 2.45) is 0 Å². The van der Waals surface area contributed by atoms with Gasteiger partial charge in [-0.05, 0) is 37.3 Å². The van der Waals surface area contributed by atoms with E-state index in [0.29, 0.717) is 9.72 Å². The number of sulfonamides is 1. The molecule has 106 valence electrons. The quantitative estimate of drug-likeness (QED) is 0.805. The van der Waals surface area contributed by atoms with Crippen LogP contribution in [0.15, 0.2) is 27.6 Å². The number of benzene rings is 1.